The van der Waals surface area contributed by atoms with E-state index in [1.807, 2.05) is 0 Å². The van der Waals surface area contributed by atoms with Gasteiger partial charge in [-0.2, -0.15) is 18.4 Å². The molecule has 1 aromatic heterocycles. The van der Waals surface area contributed by atoms with Crippen LogP contribution in [-0.2, 0) is 20.5 Å². The van der Waals surface area contributed by atoms with E-state index in [4.69, 9.17) is 9.15 Å². The second-order valence-electron chi connectivity index (χ2n) is 7.27. The maximum Gasteiger partial charge on any atom is 0.416 e. The minimum Gasteiger partial charge on any atom is -0.468 e. The molecule has 182 valence electrons. The Morgan fingerprint density at radius 2 is 2.11 bits per heavy atom. The molecule has 0 saturated carbocycles. The molecule has 7 nitrogen and oxygen atoms in total. The number of dihydropyridines is 1. The van der Waals surface area contributed by atoms with Crippen molar-refractivity contribution >= 4 is 29.3 Å². The molecule has 2 heterocycles. The van der Waals surface area contributed by atoms with Crippen molar-refractivity contribution in [2.24, 2.45) is 0 Å². The standard InChI is InChI=1S/C24H20F3N3O4S/c1-3-9-34-23(32)20-14(2)29-22(17(12-28)21(20)18-8-5-10-33-18)35-13-19(31)30-16-7-4-6-15(11-16)24(25,26)27/h3-8,10-11,21,29H,1,9,13H2,2H3,(H,30,31). The SMILES string of the molecule is C=CCOC(=O)C1=C(C)NC(SCC(=O)Nc2cccc(C(F)(F)F)c2)=C(C#N)C1c1ccco1. The Bertz CT molecular complexity index is 1230. The van der Waals surface area contributed by atoms with Crippen LogP contribution in [0.15, 0.2) is 81.6 Å². The fourth-order valence-electron chi connectivity index (χ4n) is 3.36. The fourth-order valence-corrected chi connectivity index (χ4v) is 4.25. The average molecular weight is 504 g/mol. The number of esters is 1. The summed E-state index contributed by atoms with van der Waals surface area (Å²) in [6.07, 6.45) is -1.72. The maximum atomic E-state index is 12.9. The highest BCUT2D eigenvalue weighted by atomic mass is 32.2. The summed E-state index contributed by atoms with van der Waals surface area (Å²) in [5.74, 6) is -1.98. The molecule has 1 aliphatic heterocycles. The molecule has 2 N–H and O–H groups in total. The number of nitrogens with zero attached hydrogens (tertiary/aromatic N) is 1. The fraction of sp³-hybridized carbons (Fsp3) is 0.208. The molecule has 1 aromatic carbocycles. The Morgan fingerprint density at radius 1 is 1.34 bits per heavy atom. The summed E-state index contributed by atoms with van der Waals surface area (Å²) in [6.45, 7) is 5.11. The summed E-state index contributed by atoms with van der Waals surface area (Å²) in [4.78, 5) is 25.1. The monoisotopic (exact) mass is 503 g/mol. The number of nitriles is 1. The minimum atomic E-state index is -4.54. The van der Waals surface area contributed by atoms with Gasteiger partial charge in [-0.25, -0.2) is 4.79 Å². The second kappa shape index (κ2) is 11.0. The number of furan rings is 1. The van der Waals surface area contributed by atoms with Crippen LogP contribution in [0.25, 0.3) is 0 Å². The van der Waals surface area contributed by atoms with E-state index >= 15 is 0 Å². The van der Waals surface area contributed by atoms with Crippen LogP contribution in [0, 0.1) is 11.3 Å². The van der Waals surface area contributed by atoms with Crippen molar-refractivity contribution in [1.29, 1.82) is 5.26 Å². The zero-order valence-electron chi connectivity index (χ0n) is 18.4. The summed E-state index contributed by atoms with van der Waals surface area (Å²) in [6, 6.07) is 9.58. The van der Waals surface area contributed by atoms with E-state index in [1.165, 1.54) is 24.5 Å². The van der Waals surface area contributed by atoms with Crippen molar-refractivity contribution in [2.45, 2.75) is 19.0 Å². The van der Waals surface area contributed by atoms with Crippen LogP contribution < -0.4 is 10.6 Å². The number of amides is 1. The van der Waals surface area contributed by atoms with Crippen LogP contribution in [0.1, 0.15) is 24.2 Å². The number of halogens is 3. The van der Waals surface area contributed by atoms with Crippen molar-refractivity contribution in [3.8, 4) is 6.07 Å². The zero-order valence-corrected chi connectivity index (χ0v) is 19.3. The highest BCUT2D eigenvalue weighted by Crippen LogP contribution is 2.41. The quantitative estimate of drug-likeness (QED) is 0.382. The van der Waals surface area contributed by atoms with Crippen LogP contribution in [0.5, 0.6) is 0 Å². The average Bonchev–Trinajstić information content (AvgIpc) is 3.35. The zero-order chi connectivity index (χ0) is 25.6. The number of ether oxygens (including phenoxy) is 1. The molecule has 0 radical (unpaired) electrons. The van der Waals surface area contributed by atoms with Gasteiger partial charge in [-0.1, -0.05) is 30.5 Å². The van der Waals surface area contributed by atoms with E-state index in [-0.39, 0.29) is 29.2 Å². The molecule has 0 saturated heterocycles. The van der Waals surface area contributed by atoms with E-state index in [2.05, 4.69) is 23.3 Å². The molecule has 35 heavy (non-hydrogen) atoms. The van der Waals surface area contributed by atoms with Gasteiger partial charge >= 0.3 is 12.1 Å². The molecule has 11 heteroatoms. The number of alkyl halides is 3. The minimum absolute atomic E-state index is 0.00620. The third-order valence-corrected chi connectivity index (χ3v) is 5.87. The predicted molar refractivity (Wildman–Crippen MR) is 124 cm³/mol. The lowest BCUT2D eigenvalue weighted by Gasteiger charge is -2.27. The Hall–Kier alpha value is -3.91. The molecule has 1 aliphatic rings. The van der Waals surface area contributed by atoms with Gasteiger partial charge in [0.05, 0.1) is 45.7 Å². The number of hydrogen-bond acceptors (Lipinski definition) is 7. The van der Waals surface area contributed by atoms with Gasteiger partial charge in [0.25, 0.3) is 0 Å². The first-order valence-corrected chi connectivity index (χ1v) is 11.2. The van der Waals surface area contributed by atoms with E-state index in [1.54, 1.807) is 19.1 Å². The number of rotatable bonds is 8. The lowest BCUT2D eigenvalue weighted by molar-refractivity contribution is -0.138. The van der Waals surface area contributed by atoms with Gasteiger partial charge in [0.1, 0.15) is 12.4 Å². The molecule has 0 fully saturated rings. The third kappa shape index (κ3) is 6.16. The van der Waals surface area contributed by atoms with Crippen molar-refractivity contribution < 1.29 is 31.9 Å². The van der Waals surface area contributed by atoms with Gasteiger partial charge in [-0.3, -0.25) is 4.79 Å². The van der Waals surface area contributed by atoms with Crippen LogP contribution in [0.3, 0.4) is 0 Å². The van der Waals surface area contributed by atoms with Gasteiger partial charge in [-0.05, 0) is 37.3 Å². The predicted octanol–water partition coefficient (Wildman–Crippen LogP) is 5.10. The van der Waals surface area contributed by atoms with Crippen molar-refractivity contribution in [2.75, 3.05) is 17.7 Å². The molecule has 1 amide bonds. The number of anilines is 1. The first kappa shape index (κ1) is 25.7. The van der Waals surface area contributed by atoms with Crippen molar-refractivity contribution in [3.05, 3.63) is 88.5 Å². The maximum absolute atomic E-state index is 12.9. The number of allylic oxidation sites excluding steroid dienone is 2. The summed E-state index contributed by atoms with van der Waals surface area (Å²) in [7, 11) is 0. The Balaban J connectivity index is 1.81. The topological polar surface area (TPSA) is 104 Å². The lowest BCUT2D eigenvalue weighted by Crippen LogP contribution is -2.29. The van der Waals surface area contributed by atoms with Gasteiger partial charge < -0.3 is 19.8 Å². The van der Waals surface area contributed by atoms with E-state index in [9.17, 15) is 28.0 Å². The van der Waals surface area contributed by atoms with Crippen LogP contribution in [-0.4, -0.2) is 24.2 Å². The molecular weight excluding hydrogens is 483 g/mol. The molecule has 0 aliphatic carbocycles. The smallest absolute Gasteiger partial charge is 0.416 e. The summed E-state index contributed by atoms with van der Waals surface area (Å²) in [5, 5.41) is 15.6. The highest BCUT2D eigenvalue weighted by molar-refractivity contribution is 8.03. The largest absolute Gasteiger partial charge is 0.468 e. The number of nitrogens with one attached hydrogen (secondary N) is 2. The van der Waals surface area contributed by atoms with Crippen molar-refractivity contribution in [1.82, 2.24) is 5.32 Å². The number of benzene rings is 1. The Morgan fingerprint density at radius 3 is 2.74 bits per heavy atom. The highest BCUT2D eigenvalue weighted by Gasteiger charge is 2.37. The van der Waals surface area contributed by atoms with E-state index < -0.39 is 29.5 Å². The van der Waals surface area contributed by atoms with Crippen LogP contribution >= 0.6 is 11.8 Å². The number of carbonyl (C=O) groups excluding carboxylic acids is 2. The molecule has 0 spiro atoms. The van der Waals surface area contributed by atoms with E-state index in [0.29, 0.717) is 16.5 Å². The van der Waals surface area contributed by atoms with E-state index in [0.717, 1.165) is 23.9 Å². The van der Waals surface area contributed by atoms with Gasteiger partial charge in [0.2, 0.25) is 5.91 Å². The first-order chi connectivity index (χ1) is 16.7. The molecule has 2 aromatic rings. The van der Waals surface area contributed by atoms with Gasteiger partial charge in [0, 0.05) is 11.4 Å². The lowest BCUT2D eigenvalue weighted by atomic mass is 9.86. The van der Waals surface area contributed by atoms with Crippen LogP contribution in [0.4, 0.5) is 18.9 Å². The summed E-state index contributed by atoms with van der Waals surface area (Å²) < 4.78 is 49.4. The molecule has 0 bridgehead atoms. The molecule has 1 unspecified atom stereocenters. The van der Waals surface area contributed by atoms with Gasteiger partial charge in [-0.15, -0.1) is 0 Å². The Kier molecular flexibility index (Phi) is 8.09. The molecular formula is C24H20F3N3O4S. The van der Waals surface area contributed by atoms with Crippen molar-refractivity contribution in [3.63, 3.8) is 0 Å². The molecule has 3 rings (SSSR count). The third-order valence-electron chi connectivity index (χ3n) is 4.85. The number of carbonyl (C=O) groups is 2. The Labute approximate surface area is 203 Å². The first-order valence-electron chi connectivity index (χ1n) is 10.2. The molecule has 1 atom stereocenters. The summed E-state index contributed by atoms with van der Waals surface area (Å²) in [5.41, 5.74) is -0.179. The van der Waals surface area contributed by atoms with Crippen LogP contribution in [0.2, 0.25) is 0 Å². The number of hydrogen-bond donors (Lipinski definition) is 2. The van der Waals surface area contributed by atoms with Gasteiger partial charge in [0.15, 0.2) is 0 Å². The normalized spacial score (nSPS) is 15.8. The summed E-state index contributed by atoms with van der Waals surface area (Å²) >= 11 is 0.971. The second-order valence-corrected chi connectivity index (χ2v) is 8.25. The number of thioether (sulfide) groups is 1.